The number of hydrogen-bond acceptors (Lipinski definition) is 1. The minimum Gasteiger partial charge on any atom is -0.489 e. The predicted molar refractivity (Wildman–Crippen MR) is 76.2 cm³/mol. The quantitative estimate of drug-likeness (QED) is 0.745. The Balaban J connectivity index is 1.96. The van der Waals surface area contributed by atoms with Gasteiger partial charge >= 0.3 is 0 Å². The minimum atomic E-state index is 0.507. The molecule has 2 aromatic carbocycles. The van der Waals surface area contributed by atoms with Crippen LogP contribution in [-0.2, 0) is 13.0 Å². The van der Waals surface area contributed by atoms with E-state index < -0.39 is 0 Å². The molecule has 0 fully saturated rings. The molecule has 0 N–H and O–H groups in total. The van der Waals surface area contributed by atoms with E-state index in [2.05, 4.69) is 19.1 Å². The van der Waals surface area contributed by atoms with Crippen LogP contribution in [0, 0.1) is 0 Å². The summed E-state index contributed by atoms with van der Waals surface area (Å²) in [6.07, 6.45) is 2.28. The Bertz CT molecular complexity index is 491. The van der Waals surface area contributed by atoms with Crippen molar-refractivity contribution in [3.8, 4) is 5.75 Å². The lowest BCUT2D eigenvalue weighted by Gasteiger charge is -2.08. The third kappa shape index (κ3) is 3.51. The van der Waals surface area contributed by atoms with Crippen molar-refractivity contribution in [1.82, 2.24) is 0 Å². The number of benzene rings is 2. The van der Waals surface area contributed by atoms with Crippen molar-refractivity contribution in [1.29, 1.82) is 0 Å². The van der Waals surface area contributed by atoms with E-state index in [9.17, 15) is 0 Å². The summed E-state index contributed by atoms with van der Waals surface area (Å²) in [5, 5.41) is 0.750. The van der Waals surface area contributed by atoms with Crippen LogP contribution in [0.2, 0.25) is 5.02 Å². The van der Waals surface area contributed by atoms with Crippen LogP contribution in [-0.4, -0.2) is 0 Å². The zero-order valence-corrected chi connectivity index (χ0v) is 11.3. The van der Waals surface area contributed by atoms with Crippen LogP contribution >= 0.6 is 11.6 Å². The molecule has 0 spiro atoms. The van der Waals surface area contributed by atoms with Gasteiger partial charge in [-0.25, -0.2) is 0 Å². The average Bonchev–Trinajstić information content (AvgIpc) is 2.40. The van der Waals surface area contributed by atoms with E-state index in [1.165, 1.54) is 12.0 Å². The van der Waals surface area contributed by atoms with Crippen molar-refractivity contribution in [2.45, 2.75) is 26.4 Å². The fourth-order valence-corrected chi connectivity index (χ4v) is 2.01. The molecule has 2 aromatic rings. The highest BCUT2D eigenvalue weighted by molar-refractivity contribution is 6.31. The summed E-state index contributed by atoms with van der Waals surface area (Å²) in [6, 6.07) is 16.0. The van der Waals surface area contributed by atoms with E-state index in [1.807, 2.05) is 36.4 Å². The zero-order chi connectivity index (χ0) is 12.8. The second-order valence-corrected chi connectivity index (χ2v) is 4.68. The first-order valence-electron chi connectivity index (χ1n) is 6.24. The van der Waals surface area contributed by atoms with Gasteiger partial charge in [0.2, 0.25) is 0 Å². The molecular formula is C16H17ClO. The summed E-state index contributed by atoms with van der Waals surface area (Å²) in [4.78, 5) is 0. The van der Waals surface area contributed by atoms with Gasteiger partial charge in [-0.3, -0.25) is 0 Å². The highest BCUT2D eigenvalue weighted by Crippen LogP contribution is 2.19. The average molecular weight is 261 g/mol. The normalized spacial score (nSPS) is 10.3. The Labute approximate surface area is 113 Å². The summed E-state index contributed by atoms with van der Waals surface area (Å²) in [5.41, 5.74) is 2.36. The number of halogens is 1. The lowest BCUT2D eigenvalue weighted by atomic mass is 10.1. The number of hydrogen-bond donors (Lipinski definition) is 0. The lowest BCUT2D eigenvalue weighted by molar-refractivity contribution is 0.306. The maximum atomic E-state index is 6.08. The lowest BCUT2D eigenvalue weighted by Crippen LogP contribution is -1.96. The molecule has 0 aliphatic heterocycles. The second-order valence-electron chi connectivity index (χ2n) is 4.27. The second kappa shape index (κ2) is 6.46. The molecule has 0 bridgehead atoms. The Hall–Kier alpha value is -1.47. The first-order valence-corrected chi connectivity index (χ1v) is 6.62. The topological polar surface area (TPSA) is 9.23 Å². The van der Waals surface area contributed by atoms with Gasteiger partial charge in [-0.15, -0.1) is 0 Å². The molecule has 1 nitrogen and oxygen atoms in total. The van der Waals surface area contributed by atoms with Crippen LogP contribution < -0.4 is 4.74 Å². The van der Waals surface area contributed by atoms with Gasteiger partial charge in [-0.05, 0) is 30.2 Å². The van der Waals surface area contributed by atoms with Gasteiger partial charge in [0.1, 0.15) is 12.4 Å². The van der Waals surface area contributed by atoms with Crippen molar-refractivity contribution in [2.24, 2.45) is 0 Å². The fourth-order valence-electron chi connectivity index (χ4n) is 1.82. The van der Waals surface area contributed by atoms with Crippen molar-refractivity contribution in [3.63, 3.8) is 0 Å². The van der Waals surface area contributed by atoms with Crippen LogP contribution in [0.1, 0.15) is 24.5 Å². The zero-order valence-electron chi connectivity index (χ0n) is 10.5. The number of ether oxygens (including phenoxy) is 1. The van der Waals surface area contributed by atoms with Gasteiger partial charge in [0.05, 0.1) is 0 Å². The highest BCUT2D eigenvalue weighted by Gasteiger charge is 2.00. The fraction of sp³-hybridized carbons (Fsp3) is 0.250. The Morgan fingerprint density at radius 2 is 1.72 bits per heavy atom. The molecule has 94 valence electrons. The number of aryl methyl sites for hydroxylation is 1. The van der Waals surface area contributed by atoms with Crippen LogP contribution in [0.5, 0.6) is 5.75 Å². The van der Waals surface area contributed by atoms with Gasteiger partial charge in [0, 0.05) is 10.6 Å². The van der Waals surface area contributed by atoms with Crippen molar-refractivity contribution in [3.05, 3.63) is 64.7 Å². The largest absolute Gasteiger partial charge is 0.489 e. The van der Waals surface area contributed by atoms with E-state index in [0.29, 0.717) is 6.61 Å². The Morgan fingerprint density at radius 1 is 1.00 bits per heavy atom. The molecule has 0 aliphatic rings. The van der Waals surface area contributed by atoms with Crippen molar-refractivity contribution in [2.75, 3.05) is 0 Å². The summed E-state index contributed by atoms with van der Waals surface area (Å²) in [5.74, 6) is 0.884. The molecule has 2 heteroatoms. The van der Waals surface area contributed by atoms with E-state index in [-0.39, 0.29) is 0 Å². The van der Waals surface area contributed by atoms with E-state index in [0.717, 1.165) is 22.8 Å². The van der Waals surface area contributed by atoms with Crippen LogP contribution in [0.15, 0.2) is 48.5 Å². The molecule has 18 heavy (non-hydrogen) atoms. The van der Waals surface area contributed by atoms with Gasteiger partial charge in [-0.2, -0.15) is 0 Å². The molecule has 0 heterocycles. The molecule has 0 atom stereocenters. The van der Waals surface area contributed by atoms with E-state index >= 15 is 0 Å². The standard InChI is InChI=1S/C16H17ClO/c1-2-5-13-8-10-15(11-9-13)18-12-14-6-3-4-7-16(14)17/h3-4,6-11H,2,5,12H2,1H3. The summed E-state index contributed by atoms with van der Waals surface area (Å²) < 4.78 is 5.72. The smallest absolute Gasteiger partial charge is 0.119 e. The first kappa shape index (κ1) is 13.0. The molecule has 0 saturated heterocycles. The van der Waals surface area contributed by atoms with Crippen LogP contribution in [0.4, 0.5) is 0 Å². The third-order valence-corrected chi connectivity index (χ3v) is 3.18. The van der Waals surface area contributed by atoms with Gasteiger partial charge in [0.15, 0.2) is 0 Å². The van der Waals surface area contributed by atoms with Crippen molar-refractivity contribution >= 4 is 11.6 Å². The van der Waals surface area contributed by atoms with Gasteiger partial charge < -0.3 is 4.74 Å². The van der Waals surface area contributed by atoms with E-state index in [4.69, 9.17) is 16.3 Å². The van der Waals surface area contributed by atoms with Crippen LogP contribution in [0.3, 0.4) is 0 Å². The highest BCUT2D eigenvalue weighted by atomic mass is 35.5. The molecular weight excluding hydrogens is 244 g/mol. The SMILES string of the molecule is CCCc1ccc(OCc2ccccc2Cl)cc1. The van der Waals surface area contributed by atoms with Crippen LogP contribution in [0.25, 0.3) is 0 Å². The van der Waals surface area contributed by atoms with Gasteiger partial charge in [-0.1, -0.05) is 55.3 Å². The molecule has 0 aliphatic carbocycles. The molecule has 0 amide bonds. The predicted octanol–water partition coefficient (Wildman–Crippen LogP) is 4.87. The summed E-state index contributed by atoms with van der Waals surface area (Å²) in [7, 11) is 0. The molecule has 0 radical (unpaired) electrons. The number of rotatable bonds is 5. The summed E-state index contributed by atoms with van der Waals surface area (Å²) in [6.45, 7) is 2.69. The molecule has 0 saturated carbocycles. The summed E-state index contributed by atoms with van der Waals surface area (Å²) >= 11 is 6.08. The van der Waals surface area contributed by atoms with Crippen molar-refractivity contribution < 1.29 is 4.74 Å². The molecule has 2 rings (SSSR count). The molecule has 0 unspecified atom stereocenters. The Morgan fingerprint density at radius 3 is 2.39 bits per heavy atom. The first-order chi connectivity index (χ1) is 8.79. The maximum absolute atomic E-state index is 6.08. The Kier molecular flexibility index (Phi) is 4.66. The minimum absolute atomic E-state index is 0.507. The molecule has 0 aromatic heterocycles. The monoisotopic (exact) mass is 260 g/mol. The third-order valence-electron chi connectivity index (χ3n) is 2.81. The van der Waals surface area contributed by atoms with E-state index in [1.54, 1.807) is 0 Å². The maximum Gasteiger partial charge on any atom is 0.119 e. The van der Waals surface area contributed by atoms with Gasteiger partial charge in [0.25, 0.3) is 0 Å².